The van der Waals surface area contributed by atoms with Crippen molar-refractivity contribution in [3.63, 3.8) is 0 Å². The molecule has 166 valence electrons. The monoisotopic (exact) mass is 432 g/mol. The molecule has 0 saturated heterocycles. The fraction of sp³-hybridized carbons (Fsp3) is 0.226. The predicted molar refractivity (Wildman–Crippen MR) is 140 cm³/mol. The highest BCUT2D eigenvalue weighted by molar-refractivity contribution is 5.78. The lowest BCUT2D eigenvalue weighted by Crippen LogP contribution is -2.42. The van der Waals surface area contributed by atoms with Gasteiger partial charge in [-0.1, -0.05) is 60.7 Å². The van der Waals surface area contributed by atoms with E-state index >= 15 is 0 Å². The molecule has 0 radical (unpaired) electrons. The van der Waals surface area contributed by atoms with Crippen molar-refractivity contribution in [2.45, 2.75) is 38.8 Å². The summed E-state index contributed by atoms with van der Waals surface area (Å²) in [7, 11) is 2.23. The molecule has 0 amide bonds. The first-order valence-electron chi connectivity index (χ1n) is 11.7. The van der Waals surface area contributed by atoms with Crippen LogP contribution in [0.15, 0.2) is 103 Å². The number of hydrogen-bond acceptors (Lipinski definition) is 2. The molecule has 0 atom stereocenters. The number of benzene rings is 4. The molecule has 0 spiro atoms. The first kappa shape index (κ1) is 21.5. The summed E-state index contributed by atoms with van der Waals surface area (Å²) in [6.07, 6.45) is 0. The normalized spacial score (nSPS) is 16.4. The summed E-state index contributed by atoms with van der Waals surface area (Å²) in [6.45, 7) is 9.28. The number of hydrogen-bond donors (Lipinski definition) is 0. The molecule has 0 unspecified atom stereocenters. The average molecular weight is 433 g/mol. The molecule has 2 heteroatoms. The summed E-state index contributed by atoms with van der Waals surface area (Å²) in [6, 6.07) is 37.0. The lowest BCUT2D eigenvalue weighted by molar-refractivity contribution is 0.0730. The van der Waals surface area contributed by atoms with Crippen LogP contribution in [0.4, 0.5) is 17.1 Å². The van der Waals surface area contributed by atoms with Crippen LogP contribution in [-0.4, -0.2) is 11.9 Å². The number of anilines is 3. The molecule has 1 aliphatic heterocycles. The lowest BCUT2D eigenvalue weighted by Gasteiger charge is -2.37. The second-order valence-electron chi connectivity index (χ2n) is 9.99. The Morgan fingerprint density at radius 2 is 0.970 bits per heavy atom. The van der Waals surface area contributed by atoms with Gasteiger partial charge >= 0.3 is 0 Å². The second kappa shape index (κ2) is 7.90. The van der Waals surface area contributed by atoms with Gasteiger partial charge in [0.2, 0.25) is 0 Å². The van der Waals surface area contributed by atoms with Crippen LogP contribution in [0, 0.1) is 0 Å². The maximum absolute atomic E-state index is 2.48. The largest absolute Gasteiger partial charge is 0.311 e. The highest BCUT2D eigenvalue weighted by Crippen LogP contribution is 2.49. The Bertz CT molecular complexity index is 1220. The van der Waals surface area contributed by atoms with Crippen LogP contribution in [0.3, 0.4) is 0 Å². The minimum absolute atomic E-state index is 0.00615. The van der Waals surface area contributed by atoms with E-state index in [1.54, 1.807) is 0 Å². The fourth-order valence-electron chi connectivity index (χ4n) is 5.23. The predicted octanol–water partition coefficient (Wildman–Crippen LogP) is 8.24. The molecule has 0 N–H and O–H groups in total. The van der Waals surface area contributed by atoms with Gasteiger partial charge in [-0.2, -0.15) is 0 Å². The Balaban J connectivity index is 1.54. The van der Waals surface area contributed by atoms with Crippen molar-refractivity contribution in [3.8, 4) is 11.1 Å². The molecule has 0 saturated carbocycles. The SMILES string of the molecule is CN1C(C)(C)c2ccc(-c3ccc(N(c4ccccc4)c4ccccc4)cc3)cc2C1(C)C. The fourth-order valence-corrected chi connectivity index (χ4v) is 5.23. The zero-order chi connectivity index (χ0) is 23.2. The summed E-state index contributed by atoms with van der Waals surface area (Å²) in [5, 5.41) is 0. The molecule has 0 aromatic heterocycles. The Labute approximate surface area is 198 Å². The molecular weight excluding hydrogens is 400 g/mol. The van der Waals surface area contributed by atoms with Gasteiger partial charge in [-0.15, -0.1) is 0 Å². The maximum Gasteiger partial charge on any atom is 0.0462 e. The summed E-state index contributed by atoms with van der Waals surface area (Å²) in [4.78, 5) is 4.78. The number of fused-ring (bicyclic) bond motifs is 1. The topological polar surface area (TPSA) is 6.48 Å². The minimum Gasteiger partial charge on any atom is -0.311 e. The van der Waals surface area contributed by atoms with E-state index in [4.69, 9.17) is 0 Å². The quantitative estimate of drug-likeness (QED) is 0.320. The van der Waals surface area contributed by atoms with Crippen molar-refractivity contribution in [2.75, 3.05) is 11.9 Å². The van der Waals surface area contributed by atoms with Crippen LogP contribution < -0.4 is 4.90 Å². The lowest BCUT2D eigenvalue weighted by atomic mass is 9.88. The van der Waals surface area contributed by atoms with Crippen LogP contribution in [-0.2, 0) is 11.1 Å². The van der Waals surface area contributed by atoms with Crippen molar-refractivity contribution >= 4 is 17.1 Å². The van der Waals surface area contributed by atoms with Crippen LogP contribution in [0.1, 0.15) is 38.8 Å². The Kier molecular flexibility index (Phi) is 5.14. The van der Waals surface area contributed by atoms with E-state index in [-0.39, 0.29) is 11.1 Å². The summed E-state index contributed by atoms with van der Waals surface area (Å²) >= 11 is 0. The van der Waals surface area contributed by atoms with E-state index in [0.717, 1.165) is 17.1 Å². The molecule has 0 bridgehead atoms. The van der Waals surface area contributed by atoms with Crippen molar-refractivity contribution in [3.05, 3.63) is 114 Å². The smallest absolute Gasteiger partial charge is 0.0462 e. The van der Waals surface area contributed by atoms with Gasteiger partial charge in [0.05, 0.1) is 0 Å². The van der Waals surface area contributed by atoms with E-state index in [2.05, 4.69) is 148 Å². The summed E-state index contributed by atoms with van der Waals surface area (Å²) in [5.41, 5.74) is 8.86. The third kappa shape index (κ3) is 3.55. The van der Waals surface area contributed by atoms with Crippen LogP contribution >= 0.6 is 0 Å². The second-order valence-corrected chi connectivity index (χ2v) is 9.99. The average Bonchev–Trinajstić information content (AvgIpc) is 2.98. The van der Waals surface area contributed by atoms with Crippen molar-refractivity contribution in [1.82, 2.24) is 4.90 Å². The van der Waals surface area contributed by atoms with Crippen LogP contribution in [0.25, 0.3) is 11.1 Å². The van der Waals surface area contributed by atoms with Gasteiger partial charge in [-0.3, -0.25) is 4.90 Å². The third-order valence-electron chi connectivity index (χ3n) is 7.50. The molecule has 5 rings (SSSR count). The van der Waals surface area contributed by atoms with Gasteiger partial charge in [0.15, 0.2) is 0 Å². The van der Waals surface area contributed by atoms with Crippen molar-refractivity contribution in [2.24, 2.45) is 0 Å². The van der Waals surface area contributed by atoms with E-state index in [0.29, 0.717) is 0 Å². The zero-order valence-electron chi connectivity index (χ0n) is 20.2. The first-order chi connectivity index (χ1) is 15.8. The molecule has 33 heavy (non-hydrogen) atoms. The summed E-state index contributed by atoms with van der Waals surface area (Å²) < 4.78 is 0. The van der Waals surface area contributed by atoms with Crippen LogP contribution in [0.2, 0.25) is 0 Å². The molecular formula is C31H32N2. The van der Waals surface area contributed by atoms with Gasteiger partial charge < -0.3 is 4.90 Å². The standard InChI is InChI=1S/C31H32N2/c1-30(2)28-21-18-24(22-29(28)31(3,4)32(30)5)23-16-19-27(20-17-23)33(25-12-8-6-9-13-25)26-14-10-7-11-15-26/h6-22H,1-5H3. The molecule has 4 aromatic carbocycles. The van der Waals surface area contributed by atoms with Crippen LogP contribution in [0.5, 0.6) is 0 Å². The minimum atomic E-state index is 0.00615. The summed E-state index contributed by atoms with van der Waals surface area (Å²) in [5.74, 6) is 0. The zero-order valence-corrected chi connectivity index (χ0v) is 20.2. The van der Waals surface area contributed by atoms with E-state index in [1.807, 2.05) is 0 Å². The van der Waals surface area contributed by atoms with Gasteiger partial charge in [-0.25, -0.2) is 0 Å². The third-order valence-corrected chi connectivity index (χ3v) is 7.50. The molecule has 0 fully saturated rings. The van der Waals surface area contributed by atoms with E-state index in [1.165, 1.54) is 22.3 Å². The van der Waals surface area contributed by atoms with Gasteiger partial charge in [0.1, 0.15) is 0 Å². The van der Waals surface area contributed by atoms with Crippen molar-refractivity contribution in [1.29, 1.82) is 0 Å². The molecule has 2 nitrogen and oxygen atoms in total. The van der Waals surface area contributed by atoms with E-state index in [9.17, 15) is 0 Å². The first-order valence-corrected chi connectivity index (χ1v) is 11.7. The van der Waals surface area contributed by atoms with Gasteiger partial charge in [-0.05, 0) is 99.5 Å². The highest BCUT2D eigenvalue weighted by Gasteiger charge is 2.46. The Morgan fingerprint density at radius 1 is 0.515 bits per heavy atom. The number of rotatable bonds is 4. The van der Waals surface area contributed by atoms with Gasteiger partial charge in [0.25, 0.3) is 0 Å². The highest BCUT2D eigenvalue weighted by atomic mass is 15.2. The Morgan fingerprint density at radius 3 is 1.52 bits per heavy atom. The molecule has 4 aromatic rings. The molecule has 0 aliphatic carbocycles. The number of para-hydroxylation sites is 2. The van der Waals surface area contributed by atoms with Gasteiger partial charge in [0, 0.05) is 28.1 Å². The molecule has 1 aliphatic rings. The number of nitrogens with zero attached hydrogens (tertiary/aromatic N) is 2. The maximum atomic E-state index is 2.48. The van der Waals surface area contributed by atoms with E-state index < -0.39 is 0 Å². The van der Waals surface area contributed by atoms with Crippen molar-refractivity contribution < 1.29 is 0 Å². The Hall–Kier alpha value is -3.36. The molecule has 1 heterocycles.